The number of carbonyl (C=O) groups excluding carboxylic acids is 1. The molecule has 10 heavy (non-hydrogen) atoms. The van der Waals surface area contributed by atoms with E-state index in [9.17, 15) is 4.79 Å². The smallest absolute Gasteiger partial charge is 0.272 e. The van der Waals surface area contributed by atoms with Crippen molar-refractivity contribution >= 4 is 12.1 Å². The maximum atomic E-state index is 10.6. The van der Waals surface area contributed by atoms with Crippen molar-refractivity contribution in [3.05, 3.63) is 11.8 Å². The Bertz CT molecular complexity index is 231. The number of dihydropyridines is 1. The van der Waals surface area contributed by atoms with Crippen LogP contribution in [0, 0.1) is 0 Å². The van der Waals surface area contributed by atoms with Gasteiger partial charge in [-0.25, -0.2) is 4.99 Å². The number of carbonyl (C=O) groups is 1. The number of amides is 1. The summed E-state index contributed by atoms with van der Waals surface area (Å²) in [4.78, 5) is 14.1. The highest BCUT2D eigenvalue weighted by molar-refractivity contribution is 5.98. The van der Waals surface area contributed by atoms with Crippen molar-refractivity contribution in [1.82, 2.24) is 0 Å². The van der Waals surface area contributed by atoms with E-state index in [1.54, 1.807) is 0 Å². The van der Waals surface area contributed by atoms with Gasteiger partial charge >= 0.3 is 0 Å². The summed E-state index contributed by atoms with van der Waals surface area (Å²) in [5, 5.41) is 0. The van der Waals surface area contributed by atoms with Crippen molar-refractivity contribution < 1.29 is 14.3 Å². The molecule has 2 rings (SSSR count). The molecule has 1 amide bonds. The average molecular weight is 139 g/mol. The zero-order valence-corrected chi connectivity index (χ0v) is 5.11. The second-order valence-electron chi connectivity index (χ2n) is 2.01. The monoisotopic (exact) mass is 139 g/mol. The third kappa shape index (κ3) is 0.733. The molecule has 4 heteroatoms. The lowest BCUT2D eigenvalue weighted by Gasteiger charge is -2.03. The van der Waals surface area contributed by atoms with Crippen LogP contribution in [0.1, 0.15) is 0 Å². The summed E-state index contributed by atoms with van der Waals surface area (Å²) < 4.78 is 9.97. The molecule has 2 aliphatic rings. The molecule has 1 atom stereocenters. The number of nitrogens with zero attached hydrogens (tertiary/aromatic N) is 1. The number of rotatable bonds is 0. The zero-order chi connectivity index (χ0) is 6.97. The molecule has 2 heterocycles. The maximum Gasteiger partial charge on any atom is 0.272 e. The predicted molar refractivity (Wildman–Crippen MR) is 32.4 cm³/mol. The van der Waals surface area contributed by atoms with E-state index < -0.39 is 0 Å². The number of fused-ring (bicyclic) bond motifs is 1. The normalized spacial score (nSPS) is 29.4. The number of ether oxygens (including phenoxy) is 2. The summed E-state index contributed by atoms with van der Waals surface area (Å²) in [6.07, 6.45) is 2.57. The largest absolute Gasteiger partial charge is 0.468 e. The second kappa shape index (κ2) is 1.91. The molecule has 0 bridgehead atoms. The van der Waals surface area contributed by atoms with Crippen molar-refractivity contribution in [2.24, 2.45) is 4.99 Å². The van der Waals surface area contributed by atoms with Gasteiger partial charge in [-0.1, -0.05) is 0 Å². The molecule has 1 fully saturated rings. The number of aliphatic imine (C=N–C) groups is 1. The van der Waals surface area contributed by atoms with E-state index in [1.807, 2.05) is 0 Å². The first-order valence-corrected chi connectivity index (χ1v) is 2.90. The van der Waals surface area contributed by atoms with Crippen molar-refractivity contribution in [3.8, 4) is 0 Å². The average Bonchev–Trinajstić information content (AvgIpc) is 2.33. The molecule has 0 aromatic heterocycles. The fourth-order valence-corrected chi connectivity index (χ4v) is 0.880. The molecule has 0 aromatic carbocycles. The molecule has 2 aliphatic heterocycles. The summed E-state index contributed by atoms with van der Waals surface area (Å²) in [6.45, 7) is 0.218. The van der Waals surface area contributed by atoms with Crippen LogP contribution in [0.2, 0.25) is 0 Å². The molecule has 0 spiro atoms. The van der Waals surface area contributed by atoms with Crippen LogP contribution in [0.15, 0.2) is 16.8 Å². The first kappa shape index (κ1) is 5.61. The van der Waals surface area contributed by atoms with Gasteiger partial charge < -0.3 is 9.47 Å². The molecular formula is C6H5NO3. The Balaban J connectivity index is 2.30. The van der Waals surface area contributed by atoms with Gasteiger partial charge in [0, 0.05) is 12.3 Å². The third-order valence-electron chi connectivity index (χ3n) is 1.36. The van der Waals surface area contributed by atoms with Gasteiger partial charge in [0.25, 0.3) is 5.91 Å². The molecular weight excluding hydrogens is 134 g/mol. The molecule has 4 nitrogen and oxygen atoms in total. The number of hydrogen-bond donors (Lipinski definition) is 0. The molecule has 1 unspecified atom stereocenters. The third-order valence-corrected chi connectivity index (χ3v) is 1.36. The highest BCUT2D eigenvalue weighted by atomic mass is 16.7. The van der Waals surface area contributed by atoms with Crippen LogP contribution in [-0.4, -0.2) is 25.0 Å². The molecule has 0 aromatic rings. The van der Waals surface area contributed by atoms with Gasteiger partial charge in [0.1, 0.15) is 5.76 Å². The number of hydrogen-bond acceptors (Lipinski definition) is 3. The molecule has 0 N–H and O–H groups in total. The molecule has 0 radical (unpaired) electrons. The van der Waals surface area contributed by atoms with Crippen LogP contribution < -0.4 is 0 Å². The van der Waals surface area contributed by atoms with E-state index in [-0.39, 0.29) is 18.8 Å². The minimum atomic E-state index is -0.281. The standard InChI is InChI=1S/C6H5NO3/c8-6-1-4-5(2-7-6)10-3-9-4/h1-2,5H,3H2. The summed E-state index contributed by atoms with van der Waals surface area (Å²) in [5.74, 6) is 0.289. The van der Waals surface area contributed by atoms with Crippen LogP contribution in [0.4, 0.5) is 0 Å². The van der Waals surface area contributed by atoms with Gasteiger partial charge in [-0.3, -0.25) is 4.79 Å². The maximum absolute atomic E-state index is 10.6. The SMILES string of the molecule is O=C1C=C2OCOC2C=N1. The fraction of sp³-hybridized carbons (Fsp3) is 0.333. The van der Waals surface area contributed by atoms with Crippen LogP contribution in [0.5, 0.6) is 0 Å². The van der Waals surface area contributed by atoms with E-state index in [0.717, 1.165) is 0 Å². The molecule has 0 saturated carbocycles. The highest BCUT2D eigenvalue weighted by Gasteiger charge is 2.25. The summed E-state index contributed by atoms with van der Waals surface area (Å²) in [7, 11) is 0. The molecule has 52 valence electrons. The Morgan fingerprint density at radius 2 is 2.60 bits per heavy atom. The van der Waals surface area contributed by atoms with E-state index in [2.05, 4.69) is 4.99 Å². The lowest BCUT2D eigenvalue weighted by Crippen LogP contribution is -2.15. The Morgan fingerprint density at radius 1 is 1.70 bits per heavy atom. The van der Waals surface area contributed by atoms with Crippen molar-refractivity contribution in [3.63, 3.8) is 0 Å². The van der Waals surface area contributed by atoms with Gasteiger partial charge in [0.05, 0.1) is 0 Å². The Labute approximate surface area is 57.1 Å². The molecule has 0 aliphatic carbocycles. The van der Waals surface area contributed by atoms with Gasteiger partial charge in [0.15, 0.2) is 12.9 Å². The lowest BCUT2D eigenvalue weighted by atomic mass is 10.2. The highest BCUT2D eigenvalue weighted by Crippen LogP contribution is 2.17. The van der Waals surface area contributed by atoms with E-state index in [4.69, 9.17) is 9.47 Å². The van der Waals surface area contributed by atoms with Crippen molar-refractivity contribution in [1.29, 1.82) is 0 Å². The van der Waals surface area contributed by atoms with Crippen molar-refractivity contribution in [2.75, 3.05) is 6.79 Å². The fourth-order valence-electron chi connectivity index (χ4n) is 0.880. The quantitative estimate of drug-likeness (QED) is 0.469. The van der Waals surface area contributed by atoms with Gasteiger partial charge in [-0.2, -0.15) is 0 Å². The Morgan fingerprint density at radius 3 is 3.50 bits per heavy atom. The minimum Gasteiger partial charge on any atom is -0.468 e. The predicted octanol–water partition coefficient (Wildman–Crippen LogP) is -0.146. The first-order chi connectivity index (χ1) is 4.86. The summed E-state index contributed by atoms with van der Waals surface area (Å²) >= 11 is 0. The van der Waals surface area contributed by atoms with Crippen LogP contribution in [0.25, 0.3) is 0 Å². The van der Waals surface area contributed by atoms with Crippen molar-refractivity contribution in [2.45, 2.75) is 6.10 Å². The van der Waals surface area contributed by atoms with Gasteiger partial charge in [0.2, 0.25) is 0 Å². The zero-order valence-electron chi connectivity index (χ0n) is 5.11. The van der Waals surface area contributed by atoms with Crippen LogP contribution in [-0.2, 0) is 14.3 Å². The summed E-state index contributed by atoms with van der Waals surface area (Å²) in [5.41, 5.74) is 0. The Hall–Kier alpha value is -1.16. The van der Waals surface area contributed by atoms with E-state index in [0.29, 0.717) is 5.76 Å². The van der Waals surface area contributed by atoms with Gasteiger partial charge in [-0.05, 0) is 0 Å². The first-order valence-electron chi connectivity index (χ1n) is 2.90. The minimum absolute atomic E-state index is 0.218. The topological polar surface area (TPSA) is 47.9 Å². The lowest BCUT2D eigenvalue weighted by molar-refractivity contribution is -0.113. The van der Waals surface area contributed by atoms with Crippen LogP contribution in [0.3, 0.4) is 0 Å². The van der Waals surface area contributed by atoms with E-state index in [1.165, 1.54) is 12.3 Å². The second-order valence-corrected chi connectivity index (χ2v) is 2.01. The van der Waals surface area contributed by atoms with Gasteiger partial charge in [-0.15, -0.1) is 0 Å². The Kier molecular flexibility index (Phi) is 1.07. The van der Waals surface area contributed by atoms with E-state index >= 15 is 0 Å². The molecule has 1 saturated heterocycles. The summed E-state index contributed by atoms with van der Waals surface area (Å²) in [6, 6.07) is 0. The van der Waals surface area contributed by atoms with Crippen LogP contribution >= 0.6 is 0 Å².